The van der Waals surface area contributed by atoms with Gasteiger partial charge < -0.3 is 10.2 Å². The SMILES string of the molecule is Cc1cc(C)n(CC(C)C(=O)N2CCC3(CC2)Nc2ccccc2S(=O)(=O)N3)n1. The number of fused-ring (bicyclic) bond motifs is 1. The number of piperidine rings is 1. The van der Waals surface area contributed by atoms with Gasteiger partial charge in [0, 0.05) is 31.6 Å². The van der Waals surface area contributed by atoms with Crippen LogP contribution < -0.4 is 10.0 Å². The number of carbonyl (C=O) groups excluding carboxylic acids is 1. The average Bonchev–Trinajstić information content (AvgIpc) is 2.98. The lowest BCUT2D eigenvalue weighted by Gasteiger charge is -2.46. The molecule has 0 saturated carbocycles. The van der Waals surface area contributed by atoms with E-state index in [0.29, 0.717) is 38.2 Å². The highest BCUT2D eigenvalue weighted by Gasteiger charge is 2.44. The number of anilines is 1. The minimum atomic E-state index is -3.57. The van der Waals surface area contributed by atoms with Gasteiger partial charge in [0.05, 0.1) is 23.8 Å². The zero-order valence-electron chi connectivity index (χ0n) is 17.0. The van der Waals surface area contributed by atoms with Crippen molar-refractivity contribution in [2.24, 2.45) is 5.92 Å². The third kappa shape index (κ3) is 3.76. The number of benzene rings is 1. The van der Waals surface area contributed by atoms with Gasteiger partial charge in [-0.05, 0) is 32.0 Å². The average molecular weight is 418 g/mol. The van der Waals surface area contributed by atoms with E-state index in [1.54, 1.807) is 18.2 Å². The second kappa shape index (κ2) is 7.14. The molecule has 1 saturated heterocycles. The number of amides is 1. The lowest BCUT2D eigenvalue weighted by atomic mass is 9.96. The Balaban J connectivity index is 1.43. The first kappa shape index (κ1) is 19.9. The highest BCUT2D eigenvalue weighted by molar-refractivity contribution is 7.89. The van der Waals surface area contributed by atoms with Gasteiger partial charge in [0.2, 0.25) is 15.9 Å². The van der Waals surface area contributed by atoms with Crippen LogP contribution >= 0.6 is 0 Å². The second-order valence-electron chi connectivity index (χ2n) is 8.14. The van der Waals surface area contributed by atoms with Crippen molar-refractivity contribution in [2.75, 3.05) is 18.4 Å². The molecule has 1 aromatic heterocycles. The minimum absolute atomic E-state index is 0.0754. The maximum atomic E-state index is 12.9. The molecule has 1 aromatic carbocycles. The van der Waals surface area contributed by atoms with Crippen molar-refractivity contribution in [3.8, 4) is 0 Å². The lowest BCUT2D eigenvalue weighted by molar-refractivity contribution is -0.137. The van der Waals surface area contributed by atoms with Crippen LogP contribution in [-0.2, 0) is 21.4 Å². The molecule has 0 bridgehead atoms. The number of likely N-dealkylation sites (tertiary alicyclic amines) is 1. The highest BCUT2D eigenvalue weighted by Crippen LogP contribution is 2.35. The lowest BCUT2D eigenvalue weighted by Crippen LogP contribution is -2.62. The third-order valence-corrected chi connectivity index (χ3v) is 7.38. The van der Waals surface area contributed by atoms with Gasteiger partial charge >= 0.3 is 0 Å². The molecule has 2 N–H and O–H groups in total. The quantitative estimate of drug-likeness (QED) is 0.795. The van der Waals surface area contributed by atoms with Crippen molar-refractivity contribution in [3.63, 3.8) is 0 Å². The predicted octanol–water partition coefficient (Wildman–Crippen LogP) is 1.86. The largest absolute Gasteiger partial charge is 0.365 e. The van der Waals surface area contributed by atoms with E-state index in [1.807, 2.05) is 42.5 Å². The summed E-state index contributed by atoms with van der Waals surface area (Å²) < 4.78 is 30.0. The molecule has 3 heterocycles. The summed E-state index contributed by atoms with van der Waals surface area (Å²) in [5.41, 5.74) is 1.85. The number of aromatic nitrogens is 2. The fraction of sp³-hybridized carbons (Fsp3) is 0.500. The molecule has 1 spiro atoms. The van der Waals surface area contributed by atoms with Crippen molar-refractivity contribution in [3.05, 3.63) is 41.7 Å². The zero-order chi connectivity index (χ0) is 20.8. The van der Waals surface area contributed by atoms with Gasteiger partial charge in [0.25, 0.3) is 0 Å². The number of hydrogen-bond donors (Lipinski definition) is 2. The van der Waals surface area contributed by atoms with Crippen molar-refractivity contribution in [2.45, 2.75) is 50.7 Å². The molecule has 29 heavy (non-hydrogen) atoms. The molecule has 156 valence electrons. The number of rotatable bonds is 3. The standard InChI is InChI=1S/C20H27N5O3S/c1-14(13-25-16(3)12-15(2)22-25)19(26)24-10-8-20(9-11-24)21-17-6-4-5-7-18(17)29(27,28)23-20/h4-7,12,14,21,23H,8-11,13H2,1-3H3. The van der Waals surface area contributed by atoms with E-state index in [2.05, 4.69) is 15.1 Å². The Morgan fingerprint density at radius 1 is 1.24 bits per heavy atom. The Labute approximate surface area is 171 Å². The predicted molar refractivity (Wildman–Crippen MR) is 110 cm³/mol. The number of nitrogens with one attached hydrogen (secondary N) is 2. The Morgan fingerprint density at radius 2 is 1.93 bits per heavy atom. The van der Waals surface area contributed by atoms with Gasteiger partial charge in [-0.15, -0.1) is 0 Å². The van der Waals surface area contributed by atoms with Gasteiger partial charge in [0.1, 0.15) is 10.6 Å². The normalized spacial score (nSPS) is 20.7. The summed E-state index contributed by atoms with van der Waals surface area (Å²) >= 11 is 0. The molecule has 2 aromatic rings. The molecule has 2 aliphatic rings. The maximum Gasteiger partial charge on any atom is 0.244 e. The molecule has 1 atom stereocenters. The Kier molecular flexibility index (Phi) is 4.90. The van der Waals surface area contributed by atoms with E-state index in [0.717, 1.165) is 11.4 Å². The van der Waals surface area contributed by atoms with Gasteiger partial charge in [0.15, 0.2) is 0 Å². The van der Waals surface area contributed by atoms with Crippen molar-refractivity contribution >= 4 is 21.6 Å². The number of sulfonamides is 1. The Morgan fingerprint density at radius 3 is 2.59 bits per heavy atom. The summed E-state index contributed by atoms with van der Waals surface area (Å²) in [5.74, 6) is -0.120. The molecule has 2 aliphatic heterocycles. The van der Waals surface area contributed by atoms with Crippen molar-refractivity contribution in [1.29, 1.82) is 0 Å². The fourth-order valence-corrected chi connectivity index (χ4v) is 5.79. The van der Waals surface area contributed by atoms with Crippen LogP contribution in [0.15, 0.2) is 35.2 Å². The maximum absolute atomic E-state index is 12.9. The van der Waals surface area contributed by atoms with E-state index in [-0.39, 0.29) is 16.7 Å². The Hall–Kier alpha value is -2.39. The first-order valence-electron chi connectivity index (χ1n) is 9.90. The van der Waals surface area contributed by atoms with Crippen molar-refractivity contribution < 1.29 is 13.2 Å². The molecule has 0 radical (unpaired) electrons. The molecule has 1 amide bonds. The summed E-state index contributed by atoms with van der Waals surface area (Å²) in [6.07, 6.45) is 1.03. The molecule has 0 aliphatic carbocycles. The van der Waals surface area contributed by atoms with Crippen LogP contribution in [0.4, 0.5) is 5.69 Å². The van der Waals surface area contributed by atoms with E-state index >= 15 is 0 Å². The highest BCUT2D eigenvalue weighted by atomic mass is 32.2. The molecule has 8 nitrogen and oxygen atoms in total. The molecule has 1 fully saturated rings. The summed E-state index contributed by atoms with van der Waals surface area (Å²) in [5, 5.41) is 7.81. The molecule has 9 heteroatoms. The smallest absolute Gasteiger partial charge is 0.244 e. The monoisotopic (exact) mass is 417 g/mol. The van der Waals surface area contributed by atoms with Crippen LogP contribution in [0.3, 0.4) is 0 Å². The van der Waals surface area contributed by atoms with E-state index in [4.69, 9.17) is 0 Å². The van der Waals surface area contributed by atoms with Crippen LogP contribution in [0.25, 0.3) is 0 Å². The summed E-state index contributed by atoms with van der Waals surface area (Å²) in [6, 6.07) is 8.91. The van der Waals surface area contributed by atoms with Crippen molar-refractivity contribution in [1.82, 2.24) is 19.4 Å². The molecule has 4 rings (SSSR count). The van der Waals surface area contributed by atoms with Crippen LogP contribution in [0.5, 0.6) is 0 Å². The van der Waals surface area contributed by atoms with Crippen LogP contribution in [0.1, 0.15) is 31.2 Å². The van der Waals surface area contributed by atoms with Crippen LogP contribution in [0, 0.1) is 19.8 Å². The topological polar surface area (TPSA) is 96.3 Å². The number of para-hydroxylation sites is 1. The summed E-state index contributed by atoms with van der Waals surface area (Å²) in [7, 11) is -3.57. The fourth-order valence-electron chi connectivity index (χ4n) is 4.24. The first-order chi connectivity index (χ1) is 13.7. The van der Waals surface area contributed by atoms with Gasteiger partial charge in [-0.3, -0.25) is 9.48 Å². The Bertz CT molecular complexity index is 1040. The summed E-state index contributed by atoms with van der Waals surface area (Å²) in [4.78, 5) is 15.0. The van der Waals surface area contributed by atoms with E-state index in [9.17, 15) is 13.2 Å². The number of hydrogen-bond acceptors (Lipinski definition) is 5. The van der Waals surface area contributed by atoms with Gasteiger partial charge in [-0.25, -0.2) is 8.42 Å². The van der Waals surface area contributed by atoms with Crippen LogP contribution in [0.2, 0.25) is 0 Å². The molecular weight excluding hydrogens is 390 g/mol. The zero-order valence-corrected chi connectivity index (χ0v) is 17.8. The first-order valence-corrected chi connectivity index (χ1v) is 11.4. The van der Waals surface area contributed by atoms with Crippen LogP contribution in [-0.4, -0.2) is 47.8 Å². The number of carbonyl (C=O) groups is 1. The second-order valence-corrected chi connectivity index (χ2v) is 9.80. The molecular formula is C20H27N5O3S. The molecule has 1 unspecified atom stereocenters. The van der Waals surface area contributed by atoms with E-state index in [1.165, 1.54) is 0 Å². The number of aryl methyl sites for hydroxylation is 2. The minimum Gasteiger partial charge on any atom is -0.365 e. The number of nitrogens with zero attached hydrogens (tertiary/aromatic N) is 3. The van der Waals surface area contributed by atoms with E-state index < -0.39 is 15.7 Å². The third-order valence-electron chi connectivity index (χ3n) is 5.78. The van der Waals surface area contributed by atoms with Gasteiger partial charge in [-0.1, -0.05) is 19.1 Å². The van der Waals surface area contributed by atoms with Gasteiger partial charge in [-0.2, -0.15) is 9.82 Å². The summed E-state index contributed by atoms with van der Waals surface area (Å²) in [6.45, 7) is 7.38.